The largest absolute Gasteiger partial charge is 0.497 e. The summed E-state index contributed by atoms with van der Waals surface area (Å²) in [6.07, 6.45) is 3.73. The molecular weight excluding hydrogens is 326 g/mol. The molecule has 2 aromatic rings. The molecule has 1 saturated heterocycles. The maximum absolute atomic E-state index is 12.3. The van der Waals surface area contributed by atoms with E-state index in [0.717, 1.165) is 36.4 Å². The first-order chi connectivity index (χ1) is 11.7. The molecule has 128 valence electrons. The summed E-state index contributed by atoms with van der Waals surface area (Å²) in [5, 5.41) is 5.32. The third-order valence-electron chi connectivity index (χ3n) is 4.18. The molecule has 1 amide bonds. The van der Waals surface area contributed by atoms with Gasteiger partial charge in [-0.25, -0.2) is 4.98 Å². The average molecular weight is 347 g/mol. The number of aromatic nitrogens is 1. The summed E-state index contributed by atoms with van der Waals surface area (Å²) in [6, 6.07) is 5.95. The number of hydrogen-bond acceptors (Lipinski definition) is 6. The van der Waals surface area contributed by atoms with E-state index in [9.17, 15) is 4.79 Å². The smallest absolute Gasteiger partial charge is 0.240 e. The number of carbonyl (C=O) groups excluding carboxylic acids is 1. The predicted octanol–water partition coefficient (Wildman–Crippen LogP) is 2.94. The Labute approximate surface area is 145 Å². The Morgan fingerprint density at radius 3 is 3.00 bits per heavy atom. The van der Waals surface area contributed by atoms with Crippen LogP contribution >= 0.6 is 11.3 Å². The van der Waals surface area contributed by atoms with E-state index < -0.39 is 0 Å². The fraction of sp³-hybridized carbons (Fsp3) is 0.412. The first-order valence-electron chi connectivity index (χ1n) is 7.86. The summed E-state index contributed by atoms with van der Waals surface area (Å²) in [7, 11) is 3.32. The van der Waals surface area contributed by atoms with E-state index in [1.54, 1.807) is 20.4 Å². The van der Waals surface area contributed by atoms with E-state index in [0.29, 0.717) is 11.7 Å². The number of ether oxygens (including phenoxy) is 2. The van der Waals surface area contributed by atoms with E-state index in [-0.39, 0.29) is 11.9 Å². The first kappa shape index (κ1) is 16.7. The van der Waals surface area contributed by atoms with Crippen molar-refractivity contribution in [1.29, 1.82) is 0 Å². The number of anilines is 1. The van der Waals surface area contributed by atoms with Gasteiger partial charge in [-0.15, -0.1) is 11.3 Å². The minimum atomic E-state index is -0.0429. The number of thiazole rings is 1. The molecule has 0 bridgehead atoms. The minimum absolute atomic E-state index is 0.0429. The SMILES string of the molecule is COc1ccc(OC)c(C2CCCN2CC(=O)Nc2nccs2)c1. The Bertz CT molecular complexity index is 690. The molecule has 0 spiro atoms. The topological polar surface area (TPSA) is 63.7 Å². The molecule has 0 radical (unpaired) electrons. The highest BCUT2D eigenvalue weighted by Crippen LogP contribution is 2.38. The zero-order valence-corrected chi connectivity index (χ0v) is 14.6. The third-order valence-corrected chi connectivity index (χ3v) is 4.87. The Hall–Kier alpha value is -2.12. The molecule has 1 aliphatic heterocycles. The molecule has 1 N–H and O–H groups in total. The molecule has 0 saturated carbocycles. The molecule has 6 nitrogen and oxygen atoms in total. The summed E-state index contributed by atoms with van der Waals surface area (Å²) in [5.74, 6) is 1.58. The van der Waals surface area contributed by atoms with Crippen LogP contribution in [0, 0.1) is 0 Å². The quantitative estimate of drug-likeness (QED) is 0.870. The van der Waals surface area contributed by atoms with Gasteiger partial charge < -0.3 is 14.8 Å². The molecule has 24 heavy (non-hydrogen) atoms. The van der Waals surface area contributed by atoms with Crippen LogP contribution in [0.1, 0.15) is 24.4 Å². The molecule has 2 heterocycles. The maximum Gasteiger partial charge on any atom is 0.240 e. The highest BCUT2D eigenvalue weighted by atomic mass is 32.1. The van der Waals surface area contributed by atoms with Crippen molar-refractivity contribution in [2.45, 2.75) is 18.9 Å². The predicted molar refractivity (Wildman–Crippen MR) is 93.8 cm³/mol. The molecule has 1 aromatic heterocycles. The standard InChI is InChI=1S/C17H21N3O3S/c1-22-12-5-6-15(23-2)13(10-12)14-4-3-8-20(14)11-16(21)19-17-18-7-9-24-17/h5-7,9-10,14H,3-4,8,11H2,1-2H3,(H,18,19,21). The van der Waals surface area contributed by atoms with Crippen molar-refractivity contribution in [2.75, 3.05) is 32.6 Å². The second-order valence-corrected chi connectivity index (χ2v) is 6.52. The summed E-state index contributed by atoms with van der Waals surface area (Å²) in [5.41, 5.74) is 1.07. The van der Waals surface area contributed by atoms with Crippen LogP contribution in [0.25, 0.3) is 0 Å². The normalized spacial score (nSPS) is 17.7. The number of benzene rings is 1. The molecule has 7 heteroatoms. The number of methoxy groups -OCH3 is 2. The monoisotopic (exact) mass is 347 g/mol. The fourth-order valence-electron chi connectivity index (χ4n) is 3.10. The van der Waals surface area contributed by atoms with Gasteiger partial charge in [0.05, 0.1) is 20.8 Å². The number of nitrogens with zero attached hydrogens (tertiary/aromatic N) is 2. The molecule has 3 rings (SSSR count). The number of amides is 1. The Morgan fingerprint density at radius 1 is 1.42 bits per heavy atom. The lowest BCUT2D eigenvalue weighted by atomic mass is 10.0. The van der Waals surface area contributed by atoms with Crippen LogP contribution in [0.2, 0.25) is 0 Å². The van der Waals surface area contributed by atoms with Crippen LogP contribution in [0.4, 0.5) is 5.13 Å². The maximum atomic E-state index is 12.3. The zero-order valence-electron chi connectivity index (χ0n) is 13.8. The van der Waals surface area contributed by atoms with Crippen molar-refractivity contribution in [1.82, 2.24) is 9.88 Å². The van der Waals surface area contributed by atoms with Crippen LogP contribution in [-0.2, 0) is 4.79 Å². The van der Waals surface area contributed by atoms with Gasteiger partial charge >= 0.3 is 0 Å². The molecule has 1 unspecified atom stereocenters. The van der Waals surface area contributed by atoms with E-state index in [4.69, 9.17) is 9.47 Å². The van der Waals surface area contributed by atoms with Crippen LogP contribution in [-0.4, -0.2) is 43.1 Å². The first-order valence-corrected chi connectivity index (χ1v) is 8.74. The number of likely N-dealkylation sites (tertiary alicyclic amines) is 1. The van der Waals surface area contributed by atoms with Crippen LogP contribution in [0.3, 0.4) is 0 Å². The van der Waals surface area contributed by atoms with Gasteiger partial charge in [0.15, 0.2) is 5.13 Å². The van der Waals surface area contributed by atoms with Crippen molar-refractivity contribution in [3.05, 3.63) is 35.3 Å². The van der Waals surface area contributed by atoms with Crippen molar-refractivity contribution >= 4 is 22.4 Å². The Kier molecular flexibility index (Phi) is 5.32. The number of carbonyl (C=O) groups is 1. The van der Waals surface area contributed by atoms with Gasteiger partial charge in [0.2, 0.25) is 5.91 Å². The molecule has 1 aromatic carbocycles. The van der Waals surface area contributed by atoms with Crippen LogP contribution in [0.5, 0.6) is 11.5 Å². The Morgan fingerprint density at radius 2 is 2.29 bits per heavy atom. The van der Waals surface area contributed by atoms with E-state index in [1.165, 1.54) is 11.3 Å². The molecular formula is C17H21N3O3S. The second kappa shape index (κ2) is 7.63. The highest BCUT2D eigenvalue weighted by molar-refractivity contribution is 7.13. The molecule has 1 aliphatic rings. The second-order valence-electron chi connectivity index (χ2n) is 5.62. The summed E-state index contributed by atoms with van der Waals surface area (Å²) in [6.45, 7) is 1.22. The van der Waals surface area contributed by atoms with Gasteiger partial charge in [-0.1, -0.05) is 0 Å². The third kappa shape index (κ3) is 3.68. The summed E-state index contributed by atoms with van der Waals surface area (Å²) < 4.78 is 10.8. The number of hydrogen-bond donors (Lipinski definition) is 1. The lowest BCUT2D eigenvalue weighted by molar-refractivity contribution is -0.117. The van der Waals surface area contributed by atoms with Crippen molar-refractivity contribution < 1.29 is 14.3 Å². The average Bonchev–Trinajstić information content (AvgIpc) is 3.26. The lowest BCUT2D eigenvalue weighted by Gasteiger charge is -2.25. The van der Waals surface area contributed by atoms with Gasteiger partial charge in [-0.3, -0.25) is 9.69 Å². The minimum Gasteiger partial charge on any atom is -0.497 e. The van der Waals surface area contributed by atoms with Gasteiger partial charge in [-0.05, 0) is 37.6 Å². The molecule has 1 fully saturated rings. The van der Waals surface area contributed by atoms with Crippen molar-refractivity contribution in [3.8, 4) is 11.5 Å². The van der Waals surface area contributed by atoms with Gasteiger partial charge in [0.1, 0.15) is 11.5 Å². The summed E-state index contributed by atoms with van der Waals surface area (Å²) >= 11 is 1.42. The van der Waals surface area contributed by atoms with Crippen molar-refractivity contribution in [3.63, 3.8) is 0 Å². The van der Waals surface area contributed by atoms with Gasteiger partial charge in [0, 0.05) is 23.2 Å². The fourth-order valence-corrected chi connectivity index (χ4v) is 3.64. The number of nitrogens with one attached hydrogen (secondary N) is 1. The van der Waals surface area contributed by atoms with Gasteiger partial charge in [0.25, 0.3) is 0 Å². The summed E-state index contributed by atoms with van der Waals surface area (Å²) in [4.78, 5) is 18.5. The van der Waals surface area contributed by atoms with Crippen molar-refractivity contribution in [2.24, 2.45) is 0 Å². The van der Waals surface area contributed by atoms with E-state index in [2.05, 4.69) is 15.2 Å². The van der Waals surface area contributed by atoms with Gasteiger partial charge in [-0.2, -0.15) is 0 Å². The zero-order chi connectivity index (χ0) is 16.9. The van der Waals surface area contributed by atoms with E-state index in [1.807, 2.05) is 23.6 Å². The van der Waals surface area contributed by atoms with E-state index >= 15 is 0 Å². The molecule has 0 aliphatic carbocycles. The lowest BCUT2D eigenvalue weighted by Crippen LogP contribution is -2.33. The van der Waals surface area contributed by atoms with Crippen LogP contribution < -0.4 is 14.8 Å². The van der Waals surface area contributed by atoms with Crippen LogP contribution in [0.15, 0.2) is 29.8 Å². The highest BCUT2D eigenvalue weighted by Gasteiger charge is 2.30. The molecule has 1 atom stereocenters. The Balaban J connectivity index is 1.74. The number of rotatable bonds is 6.